The summed E-state index contributed by atoms with van der Waals surface area (Å²) in [4.78, 5) is 11.6. The highest BCUT2D eigenvalue weighted by Crippen LogP contribution is 2.34. The Kier molecular flexibility index (Phi) is 3.81. The summed E-state index contributed by atoms with van der Waals surface area (Å²) >= 11 is 6.35. The fourth-order valence-corrected chi connectivity index (χ4v) is 4.08. The molecule has 4 rings (SSSR count). The van der Waals surface area contributed by atoms with E-state index in [0.29, 0.717) is 17.1 Å². The number of benzene rings is 2. The lowest BCUT2D eigenvalue weighted by molar-refractivity contribution is 0.0695. The van der Waals surface area contributed by atoms with Gasteiger partial charge in [0.2, 0.25) is 0 Å². The van der Waals surface area contributed by atoms with Crippen molar-refractivity contribution in [2.45, 2.75) is 32.2 Å². The Morgan fingerprint density at radius 1 is 1.08 bits per heavy atom. The van der Waals surface area contributed by atoms with Crippen molar-refractivity contribution in [3.8, 4) is 0 Å². The van der Waals surface area contributed by atoms with Gasteiger partial charge in [-0.05, 0) is 49.4 Å². The molecule has 122 valence electrons. The number of hydrogen-bond acceptors (Lipinski definition) is 1. The van der Waals surface area contributed by atoms with E-state index < -0.39 is 5.97 Å². The number of carbonyl (C=O) groups is 1. The van der Waals surface area contributed by atoms with E-state index in [4.69, 9.17) is 11.6 Å². The third kappa shape index (κ3) is 2.40. The monoisotopic (exact) mass is 339 g/mol. The smallest absolute Gasteiger partial charge is 0.336 e. The number of fused-ring (bicyclic) bond motifs is 3. The molecule has 4 heteroatoms. The van der Waals surface area contributed by atoms with Crippen LogP contribution in [0.2, 0.25) is 5.02 Å². The molecule has 0 saturated heterocycles. The quantitative estimate of drug-likeness (QED) is 0.736. The van der Waals surface area contributed by atoms with E-state index in [1.54, 1.807) is 18.2 Å². The minimum absolute atomic E-state index is 0.282. The van der Waals surface area contributed by atoms with Crippen LogP contribution in [0.25, 0.3) is 10.9 Å². The van der Waals surface area contributed by atoms with E-state index in [1.165, 1.54) is 35.0 Å². The average molecular weight is 340 g/mol. The second kappa shape index (κ2) is 5.99. The van der Waals surface area contributed by atoms with Crippen LogP contribution in [-0.4, -0.2) is 15.6 Å². The van der Waals surface area contributed by atoms with E-state index >= 15 is 0 Å². The minimum atomic E-state index is -0.933. The Balaban J connectivity index is 1.92. The predicted octanol–water partition coefficient (Wildman–Crippen LogP) is 4.92. The summed E-state index contributed by atoms with van der Waals surface area (Å²) in [5, 5.41) is 11.3. The topological polar surface area (TPSA) is 42.2 Å². The van der Waals surface area contributed by atoms with Crippen LogP contribution >= 0.6 is 11.6 Å². The van der Waals surface area contributed by atoms with Crippen LogP contribution in [0.5, 0.6) is 0 Å². The number of nitrogens with zero attached hydrogens (tertiary/aromatic N) is 1. The van der Waals surface area contributed by atoms with Gasteiger partial charge in [-0.2, -0.15) is 0 Å². The highest BCUT2D eigenvalue weighted by Gasteiger charge is 2.22. The Hall–Kier alpha value is -2.26. The van der Waals surface area contributed by atoms with Crippen molar-refractivity contribution in [3.05, 3.63) is 69.9 Å². The summed E-state index contributed by atoms with van der Waals surface area (Å²) in [6, 6.07) is 13.5. The van der Waals surface area contributed by atoms with Crippen molar-refractivity contribution in [2.24, 2.45) is 0 Å². The van der Waals surface area contributed by atoms with Gasteiger partial charge in [-0.1, -0.05) is 35.9 Å². The third-order valence-electron chi connectivity index (χ3n) is 4.95. The van der Waals surface area contributed by atoms with Crippen molar-refractivity contribution in [1.82, 2.24) is 4.57 Å². The fraction of sp³-hybridized carbons (Fsp3) is 0.250. The van der Waals surface area contributed by atoms with Gasteiger partial charge in [-0.25, -0.2) is 4.79 Å². The van der Waals surface area contributed by atoms with Gasteiger partial charge in [-0.3, -0.25) is 0 Å². The Bertz CT molecular complexity index is 942. The van der Waals surface area contributed by atoms with Gasteiger partial charge in [0.25, 0.3) is 0 Å². The number of carboxylic acid groups (broad SMARTS) is 1. The van der Waals surface area contributed by atoms with Gasteiger partial charge in [-0.15, -0.1) is 0 Å². The molecule has 3 nitrogen and oxygen atoms in total. The molecule has 24 heavy (non-hydrogen) atoms. The van der Waals surface area contributed by atoms with Gasteiger partial charge < -0.3 is 9.67 Å². The molecule has 0 fully saturated rings. The molecule has 1 aliphatic rings. The SMILES string of the molecule is O=C(O)c1cccc(Cl)c1Cn1c2c(c3ccccc31)CCCC2. The standard InChI is InChI=1S/C20H18ClNO2/c21-17-9-5-8-15(20(23)24)16(17)12-22-18-10-3-1-6-13(18)14-7-2-4-11-19(14)22/h1,3,5-6,8-10H,2,4,7,11-12H2,(H,23,24). The number of aromatic carboxylic acids is 1. The van der Waals surface area contributed by atoms with E-state index in [9.17, 15) is 9.90 Å². The molecule has 0 radical (unpaired) electrons. The second-order valence-electron chi connectivity index (χ2n) is 6.31. The van der Waals surface area contributed by atoms with Crippen LogP contribution in [0.15, 0.2) is 42.5 Å². The first kappa shape index (κ1) is 15.3. The first-order chi connectivity index (χ1) is 11.7. The Labute approximate surface area is 145 Å². The normalized spacial score (nSPS) is 13.9. The number of carboxylic acids is 1. The fourth-order valence-electron chi connectivity index (χ4n) is 3.85. The molecule has 0 amide bonds. The summed E-state index contributed by atoms with van der Waals surface area (Å²) in [5.74, 6) is -0.933. The molecular formula is C20H18ClNO2. The maximum atomic E-state index is 11.6. The summed E-state index contributed by atoms with van der Waals surface area (Å²) in [6.07, 6.45) is 4.53. The first-order valence-electron chi connectivity index (χ1n) is 8.26. The highest BCUT2D eigenvalue weighted by atomic mass is 35.5. The van der Waals surface area contributed by atoms with Crippen LogP contribution < -0.4 is 0 Å². The number of aryl methyl sites for hydroxylation is 1. The molecule has 1 aliphatic carbocycles. The van der Waals surface area contributed by atoms with Gasteiger partial charge in [0.05, 0.1) is 12.1 Å². The number of aromatic nitrogens is 1. The van der Waals surface area contributed by atoms with Crippen molar-refractivity contribution in [3.63, 3.8) is 0 Å². The first-order valence-corrected chi connectivity index (χ1v) is 8.64. The molecule has 0 aliphatic heterocycles. The summed E-state index contributed by atoms with van der Waals surface area (Å²) in [5.41, 5.74) is 4.88. The maximum Gasteiger partial charge on any atom is 0.336 e. The molecular weight excluding hydrogens is 322 g/mol. The lowest BCUT2D eigenvalue weighted by Gasteiger charge is -2.17. The second-order valence-corrected chi connectivity index (χ2v) is 6.71. The van der Waals surface area contributed by atoms with Gasteiger partial charge in [0.15, 0.2) is 0 Å². The van der Waals surface area contributed by atoms with E-state index in [-0.39, 0.29) is 5.56 Å². The van der Waals surface area contributed by atoms with E-state index in [1.807, 2.05) is 6.07 Å². The number of para-hydroxylation sites is 1. The van der Waals surface area contributed by atoms with Crippen LogP contribution in [0, 0.1) is 0 Å². The van der Waals surface area contributed by atoms with E-state index in [2.05, 4.69) is 22.8 Å². The lowest BCUT2D eigenvalue weighted by Crippen LogP contribution is -2.12. The van der Waals surface area contributed by atoms with Gasteiger partial charge >= 0.3 is 5.97 Å². The molecule has 1 aromatic heterocycles. The molecule has 1 N–H and O–H groups in total. The van der Waals surface area contributed by atoms with Crippen LogP contribution in [-0.2, 0) is 19.4 Å². The third-order valence-corrected chi connectivity index (χ3v) is 5.30. The molecule has 0 saturated carbocycles. The number of hydrogen-bond donors (Lipinski definition) is 1. The zero-order valence-corrected chi connectivity index (χ0v) is 14.0. The lowest BCUT2D eigenvalue weighted by atomic mass is 9.95. The predicted molar refractivity (Wildman–Crippen MR) is 96.1 cm³/mol. The van der Waals surface area contributed by atoms with Gasteiger partial charge in [0.1, 0.15) is 0 Å². The number of halogens is 1. The summed E-state index contributed by atoms with van der Waals surface area (Å²) in [6.45, 7) is 0.497. The summed E-state index contributed by atoms with van der Waals surface area (Å²) < 4.78 is 2.26. The highest BCUT2D eigenvalue weighted by molar-refractivity contribution is 6.31. The summed E-state index contributed by atoms with van der Waals surface area (Å²) in [7, 11) is 0. The van der Waals surface area contributed by atoms with Crippen LogP contribution in [0.3, 0.4) is 0 Å². The zero-order valence-electron chi connectivity index (χ0n) is 13.3. The maximum absolute atomic E-state index is 11.6. The van der Waals surface area contributed by atoms with Gasteiger partial charge in [0, 0.05) is 27.2 Å². The molecule has 0 unspecified atom stereocenters. The molecule has 0 bridgehead atoms. The van der Waals surface area contributed by atoms with Crippen molar-refractivity contribution >= 4 is 28.5 Å². The Morgan fingerprint density at radius 2 is 1.88 bits per heavy atom. The minimum Gasteiger partial charge on any atom is -0.478 e. The molecule has 1 heterocycles. The molecule has 2 aromatic carbocycles. The van der Waals surface area contributed by atoms with Crippen LogP contribution in [0.1, 0.15) is 40.0 Å². The molecule has 0 spiro atoms. The Morgan fingerprint density at radius 3 is 2.71 bits per heavy atom. The largest absolute Gasteiger partial charge is 0.478 e. The van der Waals surface area contributed by atoms with Crippen LogP contribution in [0.4, 0.5) is 0 Å². The average Bonchev–Trinajstić information content (AvgIpc) is 2.91. The molecule has 3 aromatic rings. The van der Waals surface area contributed by atoms with Crippen molar-refractivity contribution in [1.29, 1.82) is 0 Å². The molecule has 0 atom stereocenters. The van der Waals surface area contributed by atoms with Crippen molar-refractivity contribution in [2.75, 3.05) is 0 Å². The van der Waals surface area contributed by atoms with Crippen molar-refractivity contribution < 1.29 is 9.90 Å². The zero-order chi connectivity index (χ0) is 16.7. The van der Waals surface area contributed by atoms with E-state index in [0.717, 1.165) is 12.8 Å². The number of rotatable bonds is 3.